The number of alkyl halides is 3. The van der Waals surface area contributed by atoms with Gasteiger partial charge >= 0.3 is 6.18 Å². The topological polar surface area (TPSA) is 23.5 Å². The predicted octanol–water partition coefficient (Wildman–Crippen LogP) is 2.80. The van der Waals surface area contributed by atoms with Crippen molar-refractivity contribution < 1.29 is 18.3 Å². The molecular formula is C11H13BrF3NO. The fourth-order valence-corrected chi connectivity index (χ4v) is 1.79. The van der Waals surface area contributed by atoms with E-state index in [9.17, 15) is 13.2 Å². The largest absolute Gasteiger partial charge is 0.415 e. The van der Waals surface area contributed by atoms with Crippen molar-refractivity contribution in [3.05, 3.63) is 34.3 Å². The van der Waals surface area contributed by atoms with Crippen LogP contribution in [0.2, 0.25) is 0 Å². The lowest BCUT2D eigenvalue weighted by Crippen LogP contribution is -2.39. The van der Waals surface area contributed by atoms with Crippen LogP contribution in [0.1, 0.15) is 5.56 Å². The molecular weight excluding hydrogens is 299 g/mol. The molecule has 1 N–H and O–H groups in total. The van der Waals surface area contributed by atoms with E-state index >= 15 is 0 Å². The summed E-state index contributed by atoms with van der Waals surface area (Å²) in [6, 6.07) is 7.29. The number of halogens is 4. The van der Waals surface area contributed by atoms with Crippen LogP contribution in [-0.2, 0) is 6.54 Å². The van der Waals surface area contributed by atoms with Crippen LogP contribution in [0.5, 0.6) is 0 Å². The fourth-order valence-electron chi connectivity index (χ4n) is 1.38. The number of likely N-dealkylation sites (N-methyl/N-ethyl adjacent to an activating group) is 1. The van der Waals surface area contributed by atoms with Gasteiger partial charge in [-0.05, 0) is 18.7 Å². The molecule has 0 aromatic heterocycles. The van der Waals surface area contributed by atoms with E-state index in [0.717, 1.165) is 10.0 Å². The second kappa shape index (κ2) is 5.84. The summed E-state index contributed by atoms with van der Waals surface area (Å²) < 4.78 is 37.3. The van der Waals surface area contributed by atoms with Crippen molar-refractivity contribution in [2.45, 2.75) is 18.8 Å². The van der Waals surface area contributed by atoms with E-state index < -0.39 is 18.8 Å². The van der Waals surface area contributed by atoms with Crippen LogP contribution < -0.4 is 0 Å². The first kappa shape index (κ1) is 14.5. The van der Waals surface area contributed by atoms with E-state index in [2.05, 4.69) is 15.9 Å². The second-order valence-corrected chi connectivity index (χ2v) is 4.70. The minimum Gasteiger partial charge on any atom is -0.382 e. The predicted molar refractivity (Wildman–Crippen MR) is 62.5 cm³/mol. The second-order valence-electron chi connectivity index (χ2n) is 3.85. The lowest BCUT2D eigenvalue weighted by Gasteiger charge is -2.22. The highest BCUT2D eigenvalue weighted by molar-refractivity contribution is 9.10. The highest BCUT2D eigenvalue weighted by Gasteiger charge is 2.38. The van der Waals surface area contributed by atoms with Gasteiger partial charge in [0.1, 0.15) is 0 Å². The molecule has 17 heavy (non-hydrogen) atoms. The number of benzene rings is 1. The summed E-state index contributed by atoms with van der Waals surface area (Å²) in [5, 5.41) is 8.93. The van der Waals surface area contributed by atoms with Gasteiger partial charge in [0.25, 0.3) is 0 Å². The van der Waals surface area contributed by atoms with Crippen molar-refractivity contribution in [3.63, 3.8) is 0 Å². The summed E-state index contributed by atoms with van der Waals surface area (Å²) >= 11 is 3.32. The van der Waals surface area contributed by atoms with Gasteiger partial charge in [-0.15, -0.1) is 0 Å². The van der Waals surface area contributed by atoms with Gasteiger partial charge in [0.05, 0.1) is 0 Å². The van der Waals surface area contributed by atoms with Crippen molar-refractivity contribution in [1.29, 1.82) is 0 Å². The average Bonchev–Trinajstić information content (AvgIpc) is 2.20. The number of rotatable bonds is 4. The monoisotopic (exact) mass is 311 g/mol. The van der Waals surface area contributed by atoms with Crippen LogP contribution in [0.4, 0.5) is 13.2 Å². The molecule has 1 atom stereocenters. The molecule has 0 heterocycles. The van der Waals surface area contributed by atoms with Crippen molar-refractivity contribution in [2.24, 2.45) is 0 Å². The van der Waals surface area contributed by atoms with Gasteiger partial charge in [0.2, 0.25) is 0 Å². The Morgan fingerprint density at radius 3 is 2.47 bits per heavy atom. The summed E-state index contributed by atoms with van der Waals surface area (Å²) in [4.78, 5) is 1.43. The Morgan fingerprint density at radius 2 is 1.94 bits per heavy atom. The maximum absolute atomic E-state index is 12.1. The molecule has 0 aliphatic rings. The number of hydrogen-bond donors (Lipinski definition) is 1. The van der Waals surface area contributed by atoms with Crippen molar-refractivity contribution >= 4 is 15.9 Å². The van der Waals surface area contributed by atoms with Gasteiger partial charge in [-0.25, -0.2) is 0 Å². The Kier molecular flexibility index (Phi) is 4.97. The lowest BCUT2D eigenvalue weighted by molar-refractivity contribution is -0.207. The SMILES string of the molecule is CN(Cc1ccccc1Br)CC(O)C(F)(F)F. The molecule has 2 nitrogen and oxygen atoms in total. The molecule has 6 heteroatoms. The zero-order chi connectivity index (χ0) is 13.1. The first-order chi connectivity index (χ1) is 7.80. The van der Waals surface area contributed by atoms with E-state index in [4.69, 9.17) is 5.11 Å². The van der Waals surface area contributed by atoms with Gasteiger partial charge in [0, 0.05) is 17.6 Å². The maximum Gasteiger partial charge on any atom is 0.415 e. The van der Waals surface area contributed by atoms with Crippen LogP contribution >= 0.6 is 15.9 Å². The Bertz CT molecular complexity index is 370. The summed E-state index contributed by atoms with van der Waals surface area (Å²) in [7, 11) is 1.54. The molecule has 1 rings (SSSR count). The highest BCUT2D eigenvalue weighted by atomic mass is 79.9. The molecule has 0 amide bonds. The quantitative estimate of drug-likeness (QED) is 0.924. The molecule has 0 saturated carbocycles. The Morgan fingerprint density at radius 1 is 1.35 bits per heavy atom. The van der Waals surface area contributed by atoms with Crippen LogP contribution in [0, 0.1) is 0 Å². The zero-order valence-electron chi connectivity index (χ0n) is 9.21. The minimum atomic E-state index is -4.57. The zero-order valence-corrected chi connectivity index (χ0v) is 10.8. The molecule has 1 unspecified atom stereocenters. The number of hydrogen-bond acceptors (Lipinski definition) is 2. The molecule has 0 aliphatic carbocycles. The first-order valence-electron chi connectivity index (χ1n) is 4.97. The molecule has 0 bridgehead atoms. The van der Waals surface area contributed by atoms with E-state index in [1.165, 1.54) is 11.9 Å². The van der Waals surface area contributed by atoms with Gasteiger partial charge in [-0.1, -0.05) is 34.1 Å². The van der Waals surface area contributed by atoms with E-state index in [0.29, 0.717) is 6.54 Å². The normalized spacial score (nSPS) is 14.1. The third-order valence-corrected chi connectivity index (χ3v) is 3.03. The molecule has 0 radical (unpaired) electrons. The smallest absolute Gasteiger partial charge is 0.382 e. The Hall–Kier alpha value is -0.590. The minimum absolute atomic E-state index is 0.342. The molecule has 0 aliphatic heterocycles. The van der Waals surface area contributed by atoms with Crippen molar-refractivity contribution in [3.8, 4) is 0 Å². The van der Waals surface area contributed by atoms with Gasteiger partial charge in [-0.3, -0.25) is 4.90 Å². The fraction of sp³-hybridized carbons (Fsp3) is 0.455. The third kappa shape index (κ3) is 4.65. The van der Waals surface area contributed by atoms with Crippen molar-refractivity contribution in [1.82, 2.24) is 4.90 Å². The van der Waals surface area contributed by atoms with Gasteiger partial charge in [-0.2, -0.15) is 13.2 Å². The standard InChI is InChI=1S/C11H13BrF3NO/c1-16(7-10(17)11(13,14)15)6-8-4-2-3-5-9(8)12/h2-5,10,17H,6-7H2,1H3. The summed E-state index contributed by atoms with van der Waals surface area (Å²) in [6.45, 7) is -0.0978. The number of aliphatic hydroxyl groups is 1. The van der Waals surface area contributed by atoms with Crippen LogP contribution in [0.25, 0.3) is 0 Å². The van der Waals surface area contributed by atoms with Crippen LogP contribution in [-0.4, -0.2) is 35.9 Å². The highest BCUT2D eigenvalue weighted by Crippen LogP contribution is 2.22. The van der Waals surface area contributed by atoms with Gasteiger partial charge in [0.15, 0.2) is 6.10 Å². The molecule has 1 aromatic rings. The van der Waals surface area contributed by atoms with E-state index in [1.807, 2.05) is 24.3 Å². The van der Waals surface area contributed by atoms with Crippen LogP contribution in [0.15, 0.2) is 28.7 Å². The van der Waals surface area contributed by atoms with E-state index in [1.54, 1.807) is 0 Å². The first-order valence-corrected chi connectivity index (χ1v) is 5.76. The molecule has 96 valence electrons. The lowest BCUT2D eigenvalue weighted by atomic mass is 10.2. The maximum atomic E-state index is 12.1. The molecule has 0 saturated heterocycles. The summed E-state index contributed by atoms with van der Waals surface area (Å²) in [6.07, 6.45) is -6.88. The van der Waals surface area contributed by atoms with E-state index in [-0.39, 0.29) is 0 Å². The summed E-state index contributed by atoms with van der Waals surface area (Å²) in [5.74, 6) is 0. The molecule has 1 aromatic carbocycles. The Balaban J connectivity index is 2.56. The van der Waals surface area contributed by atoms with Gasteiger partial charge < -0.3 is 5.11 Å². The third-order valence-electron chi connectivity index (χ3n) is 2.26. The number of nitrogens with zero attached hydrogens (tertiary/aromatic N) is 1. The van der Waals surface area contributed by atoms with Crippen LogP contribution in [0.3, 0.4) is 0 Å². The molecule has 0 spiro atoms. The average molecular weight is 312 g/mol. The molecule has 0 fully saturated rings. The Labute approximate surface area is 106 Å². The summed E-state index contributed by atoms with van der Waals surface area (Å²) in [5.41, 5.74) is 0.879. The number of aliphatic hydroxyl groups excluding tert-OH is 1. The van der Waals surface area contributed by atoms with Crippen molar-refractivity contribution in [2.75, 3.05) is 13.6 Å².